The second-order valence-corrected chi connectivity index (χ2v) is 14.4. The van der Waals surface area contributed by atoms with Gasteiger partial charge in [-0.25, -0.2) is 15.0 Å². The Labute approximate surface area is 293 Å². The lowest BCUT2D eigenvalue weighted by atomic mass is 9.71. The molecule has 0 N–H and O–H groups in total. The predicted molar refractivity (Wildman–Crippen MR) is 203 cm³/mol. The van der Waals surface area contributed by atoms with Crippen LogP contribution in [0.15, 0.2) is 133 Å². The molecule has 0 saturated heterocycles. The third-order valence-electron chi connectivity index (χ3n) is 10.5. The normalized spacial score (nSPS) is 16.3. The summed E-state index contributed by atoms with van der Waals surface area (Å²) in [4.78, 5) is 17.7. The van der Waals surface area contributed by atoms with Crippen LogP contribution in [0.1, 0.15) is 68.6 Å². The first-order chi connectivity index (χ1) is 24.3. The second kappa shape index (κ2) is 11.4. The van der Waals surface area contributed by atoms with Crippen LogP contribution in [0, 0.1) is 0 Å². The van der Waals surface area contributed by atoms with E-state index in [0.717, 1.165) is 57.9 Å². The Hall–Kier alpha value is -5.81. The summed E-state index contributed by atoms with van der Waals surface area (Å²) in [6.07, 6.45) is 8.53. The van der Waals surface area contributed by atoms with Gasteiger partial charge in [0.1, 0.15) is 11.5 Å². The molecule has 0 saturated carbocycles. The highest BCUT2D eigenvalue weighted by Gasteiger charge is 2.43. The zero-order chi connectivity index (χ0) is 34.0. The first kappa shape index (κ1) is 30.3. The van der Waals surface area contributed by atoms with E-state index >= 15 is 0 Å². The van der Waals surface area contributed by atoms with E-state index in [1.807, 2.05) is 24.3 Å². The molecule has 5 heteroatoms. The Morgan fingerprint density at radius 3 is 1.84 bits per heavy atom. The van der Waals surface area contributed by atoms with Crippen molar-refractivity contribution in [2.24, 2.45) is 0 Å². The SMILES string of the molecule is CC1(C)c2ccccc2N(c2cccc3c2C(C)(C)c2c(cccc2-c2nc(C4=CCCC=C4)nc(-c4ccccc4)n2)O3)c2ccccc21. The largest absolute Gasteiger partial charge is 0.457 e. The van der Waals surface area contributed by atoms with Crippen LogP contribution in [0.2, 0.25) is 0 Å². The van der Waals surface area contributed by atoms with E-state index in [9.17, 15) is 0 Å². The monoisotopic (exact) mass is 650 g/mol. The van der Waals surface area contributed by atoms with Crippen molar-refractivity contribution in [3.05, 3.63) is 162 Å². The van der Waals surface area contributed by atoms with E-state index < -0.39 is 5.41 Å². The average Bonchev–Trinajstić information content (AvgIpc) is 3.15. The fraction of sp³-hybridized carbons (Fsp3) is 0.178. The number of para-hydroxylation sites is 2. The highest BCUT2D eigenvalue weighted by atomic mass is 16.5. The fourth-order valence-corrected chi connectivity index (χ4v) is 8.16. The maximum absolute atomic E-state index is 6.86. The van der Waals surface area contributed by atoms with Crippen LogP contribution in [0.25, 0.3) is 28.3 Å². The standard InChI is InChI=1S/C45H38N4O/c1-44(2)32-22-11-13-24-34(32)49(35-25-14-12-23-33(35)44)36-26-16-28-38-40(36)45(3,4)39-31(21-15-27-37(39)50-38)43-47-41(29-17-7-5-8-18-29)46-42(48-43)30-19-9-6-10-20-30/h5,7-9,11-28H,6,10H2,1-4H3. The van der Waals surface area contributed by atoms with Gasteiger partial charge in [-0.1, -0.05) is 131 Å². The lowest BCUT2D eigenvalue weighted by Gasteiger charge is -2.45. The molecule has 0 bridgehead atoms. The summed E-state index contributed by atoms with van der Waals surface area (Å²) in [5.74, 6) is 3.65. The topological polar surface area (TPSA) is 51.1 Å². The molecule has 0 unspecified atom stereocenters. The van der Waals surface area contributed by atoms with Crippen LogP contribution < -0.4 is 9.64 Å². The molecule has 3 heterocycles. The summed E-state index contributed by atoms with van der Waals surface area (Å²) >= 11 is 0. The molecule has 0 atom stereocenters. The molecule has 0 fully saturated rings. The van der Waals surface area contributed by atoms with E-state index in [-0.39, 0.29) is 5.41 Å². The molecule has 3 aliphatic rings. The lowest BCUT2D eigenvalue weighted by molar-refractivity contribution is 0.419. The predicted octanol–water partition coefficient (Wildman–Crippen LogP) is 11.5. The molecule has 1 aliphatic carbocycles. The summed E-state index contributed by atoms with van der Waals surface area (Å²) in [5, 5.41) is 0. The van der Waals surface area contributed by atoms with Crippen LogP contribution in [-0.2, 0) is 10.8 Å². The minimum Gasteiger partial charge on any atom is -0.457 e. The quantitative estimate of drug-likeness (QED) is 0.190. The van der Waals surface area contributed by atoms with Crippen molar-refractivity contribution in [2.75, 3.05) is 4.90 Å². The molecule has 0 radical (unpaired) electrons. The molecule has 5 aromatic carbocycles. The highest BCUT2D eigenvalue weighted by Crippen LogP contribution is 2.58. The molecule has 50 heavy (non-hydrogen) atoms. The minimum absolute atomic E-state index is 0.153. The van der Waals surface area contributed by atoms with Crippen molar-refractivity contribution >= 4 is 22.6 Å². The summed E-state index contributed by atoms with van der Waals surface area (Å²) < 4.78 is 6.86. The van der Waals surface area contributed by atoms with Crippen LogP contribution in [0.4, 0.5) is 17.1 Å². The Bertz CT molecular complexity index is 2320. The number of nitrogens with zero attached hydrogens (tertiary/aromatic N) is 4. The first-order valence-corrected chi connectivity index (χ1v) is 17.5. The molecule has 9 rings (SSSR count). The van der Waals surface area contributed by atoms with Gasteiger partial charge in [-0.15, -0.1) is 0 Å². The number of aromatic nitrogens is 3. The van der Waals surface area contributed by atoms with Crippen LogP contribution >= 0.6 is 0 Å². The highest BCUT2D eigenvalue weighted by molar-refractivity contribution is 5.89. The fourth-order valence-electron chi connectivity index (χ4n) is 8.16. The van der Waals surface area contributed by atoms with Gasteiger partial charge < -0.3 is 9.64 Å². The first-order valence-electron chi connectivity index (χ1n) is 17.5. The lowest BCUT2D eigenvalue weighted by Crippen LogP contribution is -2.33. The number of fused-ring (bicyclic) bond motifs is 4. The van der Waals surface area contributed by atoms with Gasteiger partial charge in [0, 0.05) is 38.7 Å². The molecule has 5 nitrogen and oxygen atoms in total. The van der Waals surface area contributed by atoms with Crippen LogP contribution in [0.5, 0.6) is 11.5 Å². The number of benzene rings is 5. The molecular formula is C45H38N4O. The van der Waals surface area contributed by atoms with Gasteiger partial charge in [0.05, 0.1) is 17.1 Å². The Kier molecular flexibility index (Phi) is 6.89. The number of anilines is 3. The van der Waals surface area contributed by atoms with Gasteiger partial charge in [0.2, 0.25) is 0 Å². The molecule has 2 aliphatic heterocycles. The molecule has 0 spiro atoms. The molecule has 244 valence electrons. The van der Waals surface area contributed by atoms with Gasteiger partial charge >= 0.3 is 0 Å². The molecule has 6 aromatic rings. The van der Waals surface area contributed by atoms with Gasteiger partial charge in [-0.2, -0.15) is 0 Å². The third kappa shape index (κ3) is 4.64. The zero-order valence-electron chi connectivity index (χ0n) is 28.8. The Morgan fingerprint density at radius 1 is 0.540 bits per heavy atom. The second-order valence-electron chi connectivity index (χ2n) is 14.4. The van der Waals surface area contributed by atoms with Crippen molar-refractivity contribution in [1.82, 2.24) is 15.0 Å². The smallest absolute Gasteiger partial charge is 0.164 e. The summed E-state index contributed by atoms with van der Waals surface area (Å²) in [7, 11) is 0. The number of rotatable bonds is 4. The summed E-state index contributed by atoms with van der Waals surface area (Å²) in [6.45, 7) is 9.25. The minimum atomic E-state index is -0.489. The number of allylic oxidation sites excluding steroid dienone is 4. The van der Waals surface area contributed by atoms with E-state index in [1.54, 1.807) is 0 Å². The van der Waals surface area contributed by atoms with E-state index in [1.165, 1.54) is 22.5 Å². The molecule has 0 amide bonds. The van der Waals surface area contributed by atoms with Crippen molar-refractivity contribution in [1.29, 1.82) is 0 Å². The average molecular weight is 651 g/mol. The Balaban J connectivity index is 1.26. The molecule has 1 aromatic heterocycles. The number of ether oxygens (including phenoxy) is 1. The van der Waals surface area contributed by atoms with Crippen molar-refractivity contribution in [3.8, 4) is 34.3 Å². The van der Waals surface area contributed by atoms with Gasteiger partial charge in [-0.3, -0.25) is 0 Å². The van der Waals surface area contributed by atoms with Gasteiger partial charge in [-0.05, 0) is 54.3 Å². The van der Waals surface area contributed by atoms with E-state index in [0.29, 0.717) is 17.5 Å². The molecular weight excluding hydrogens is 613 g/mol. The van der Waals surface area contributed by atoms with Gasteiger partial charge in [0.15, 0.2) is 17.5 Å². The third-order valence-corrected chi connectivity index (χ3v) is 10.5. The maximum Gasteiger partial charge on any atom is 0.164 e. The van der Waals surface area contributed by atoms with Gasteiger partial charge in [0.25, 0.3) is 0 Å². The maximum atomic E-state index is 6.86. The summed E-state index contributed by atoms with van der Waals surface area (Å²) in [6, 6.07) is 40.5. The van der Waals surface area contributed by atoms with Crippen molar-refractivity contribution < 1.29 is 4.74 Å². The zero-order valence-corrected chi connectivity index (χ0v) is 28.8. The van der Waals surface area contributed by atoms with Crippen LogP contribution in [0.3, 0.4) is 0 Å². The van der Waals surface area contributed by atoms with Crippen molar-refractivity contribution in [2.45, 2.75) is 51.4 Å². The summed E-state index contributed by atoms with van der Waals surface area (Å²) in [5.41, 5.74) is 10.5. The van der Waals surface area contributed by atoms with E-state index in [4.69, 9.17) is 19.7 Å². The Morgan fingerprint density at radius 2 is 1.14 bits per heavy atom. The van der Waals surface area contributed by atoms with Crippen LogP contribution in [-0.4, -0.2) is 15.0 Å². The number of hydrogen-bond acceptors (Lipinski definition) is 5. The number of hydrogen-bond donors (Lipinski definition) is 0. The van der Waals surface area contributed by atoms with Crippen molar-refractivity contribution in [3.63, 3.8) is 0 Å². The van der Waals surface area contributed by atoms with E-state index in [2.05, 4.69) is 142 Å².